The summed E-state index contributed by atoms with van der Waals surface area (Å²) in [6, 6.07) is 19.0. The van der Waals surface area contributed by atoms with Crippen molar-refractivity contribution in [3.05, 3.63) is 83.4 Å². The molecule has 3 rings (SSSR count). The maximum Gasteiger partial charge on any atom is 0.193 e. The first-order valence-electron chi connectivity index (χ1n) is 10.1. The third kappa shape index (κ3) is 7.39. The highest BCUT2D eigenvalue weighted by atomic mass is 35.5. The number of nitrogens with one attached hydrogen (secondary N) is 1. The van der Waals surface area contributed by atoms with Gasteiger partial charge in [-0.3, -0.25) is 14.6 Å². The average Bonchev–Trinajstić information content (AvgIpc) is 2.78. The van der Waals surface area contributed by atoms with Crippen molar-refractivity contribution in [2.45, 2.75) is 6.42 Å². The zero-order valence-electron chi connectivity index (χ0n) is 16.8. The number of hydrogen-bond acceptors (Lipinski definition) is 3. The van der Waals surface area contributed by atoms with Crippen LogP contribution in [0.2, 0.25) is 0 Å². The van der Waals surface area contributed by atoms with E-state index in [4.69, 9.17) is 27.9 Å². The molecule has 0 atom stereocenters. The second-order valence-electron chi connectivity index (χ2n) is 7.11. The highest BCUT2D eigenvalue weighted by molar-refractivity contribution is 7.68. The molecule has 4 nitrogen and oxygen atoms in total. The normalized spacial score (nSPS) is 18.2. The lowest BCUT2D eigenvalue weighted by Crippen LogP contribution is -2.37. The first-order valence-corrected chi connectivity index (χ1v) is 12.7. The molecule has 0 aliphatic carbocycles. The first-order chi connectivity index (χ1) is 14.6. The topological polar surface area (TPSA) is 41.6 Å². The van der Waals surface area contributed by atoms with E-state index in [-0.39, 0.29) is 0 Å². The van der Waals surface area contributed by atoms with E-state index in [9.17, 15) is 4.57 Å². The van der Waals surface area contributed by atoms with Crippen molar-refractivity contribution < 1.29 is 9.30 Å². The quantitative estimate of drug-likeness (QED) is 0.362. The van der Waals surface area contributed by atoms with Crippen molar-refractivity contribution in [3.63, 3.8) is 0 Å². The third-order valence-electron chi connectivity index (χ3n) is 4.82. The van der Waals surface area contributed by atoms with Gasteiger partial charge in [0.1, 0.15) is 0 Å². The Morgan fingerprint density at radius 2 is 1.43 bits per heavy atom. The van der Waals surface area contributed by atoms with E-state index in [1.807, 2.05) is 60.7 Å². The van der Waals surface area contributed by atoms with Crippen LogP contribution in [-0.2, 0) is 9.30 Å². The van der Waals surface area contributed by atoms with Crippen LogP contribution in [0.3, 0.4) is 0 Å². The van der Waals surface area contributed by atoms with Crippen molar-refractivity contribution in [2.24, 2.45) is 0 Å². The second kappa shape index (κ2) is 11.9. The van der Waals surface area contributed by atoms with Gasteiger partial charge >= 0.3 is 0 Å². The molecule has 2 aromatic carbocycles. The van der Waals surface area contributed by atoms with Gasteiger partial charge in [0.05, 0.1) is 23.3 Å². The number of rotatable bonds is 9. The smallest absolute Gasteiger partial charge is 0.193 e. The van der Waals surface area contributed by atoms with E-state index < -0.39 is 7.29 Å². The summed E-state index contributed by atoms with van der Waals surface area (Å²) in [5.74, 6) is 3.20. The minimum atomic E-state index is -3.11. The predicted octanol–water partition coefficient (Wildman–Crippen LogP) is 6.05. The van der Waals surface area contributed by atoms with Gasteiger partial charge in [-0.15, -0.1) is 0 Å². The van der Waals surface area contributed by atoms with Gasteiger partial charge < -0.3 is 4.74 Å². The van der Waals surface area contributed by atoms with Gasteiger partial charge in [-0.1, -0.05) is 83.9 Å². The molecule has 30 heavy (non-hydrogen) atoms. The van der Waals surface area contributed by atoms with Crippen LogP contribution in [0.5, 0.6) is 0 Å². The van der Waals surface area contributed by atoms with Crippen LogP contribution in [0.4, 0.5) is 0 Å². The molecule has 0 bridgehead atoms. The standard InChI is InChI=1S/C23H27Cl2N2O2P/c24-22(20-8-3-1-4-9-20)18-30(28,19-23(25)21-10-5-2-6-11-21)26-12-7-13-27-14-16-29-17-15-27/h1-6,8-11,18-19H,7,12-17H2,(H,26,28). The fraction of sp³-hybridized carbons (Fsp3) is 0.304. The van der Waals surface area contributed by atoms with Crippen LogP contribution in [0.25, 0.3) is 10.1 Å². The third-order valence-corrected chi connectivity index (χ3v) is 7.78. The molecule has 2 aromatic rings. The summed E-state index contributed by atoms with van der Waals surface area (Å²) in [6.45, 7) is 4.96. The van der Waals surface area contributed by atoms with Crippen molar-refractivity contribution in [1.82, 2.24) is 9.99 Å². The first kappa shape index (κ1) is 23.3. The molecule has 1 aliphatic rings. The Kier molecular flexibility index (Phi) is 9.20. The Morgan fingerprint density at radius 1 is 0.933 bits per heavy atom. The lowest BCUT2D eigenvalue weighted by Gasteiger charge is -2.26. The molecule has 1 heterocycles. The van der Waals surface area contributed by atoms with Gasteiger partial charge in [-0.2, -0.15) is 0 Å². The summed E-state index contributed by atoms with van der Waals surface area (Å²) in [5, 5.41) is 4.09. The number of hydrogen-bond donors (Lipinski definition) is 1. The molecule has 1 fully saturated rings. The van der Waals surface area contributed by atoms with E-state index in [1.54, 1.807) is 11.6 Å². The van der Waals surface area contributed by atoms with Crippen LogP contribution < -0.4 is 5.09 Å². The summed E-state index contributed by atoms with van der Waals surface area (Å²) in [7, 11) is -3.11. The molecular weight excluding hydrogens is 438 g/mol. The molecular formula is C23H27Cl2N2O2P. The van der Waals surface area contributed by atoms with Gasteiger partial charge in [0.15, 0.2) is 7.29 Å². The van der Waals surface area contributed by atoms with E-state index in [0.29, 0.717) is 16.6 Å². The van der Waals surface area contributed by atoms with Gasteiger partial charge in [-0.05, 0) is 24.1 Å². The van der Waals surface area contributed by atoms with Gasteiger partial charge in [0.2, 0.25) is 0 Å². The van der Waals surface area contributed by atoms with E-state index in [0.717, 1.165) is 50.4 Å². The summed E-state index contributed by atoms with van der Waals surface area (Å²) < 4.78 is 19.2. The molecule has 0 amide bonds. The molecule has 1 saturated heterocycles. The Labute approximate surface area is 188 Å². The van der Waals surface area contributed by atoms with Crippen LogP contribution in [0.1, 0.15) is 17.5 Å². The fourth-order valence-electron chi connectivity index (χ4n) is 3.19. The second-order valence-corrected chi connectivity index (χ2v) is 10.2. The molecule has 0 unspecified atom stereocenters. The highest BCUT2D eigenvalue weighted by Gasteiger charge is 2.19. The van der Waals surface area contributed by atoms with Crippen molar-refractivity contribution in [3.8, 4) is 0 Å². The number of benzene rings is 2. The minimum absolute atomic E-state index is 0.438. The maximum atomic E-state index is 13.8. The predicted molar refractivity (Wildman–Crippen MR) is 128 cm³/mol. The largest absolute Gasteiger partial charge is 0.379 e. The lowest BCUT2D eigenvalue weighted by atomic mass is 10.2. The highest BCUT2D eigenvalue weighted by Crippen LogP contribution is 2.50. The number of morpholine rings is 1. The zero-order chi connectivity index (χ0) is 21.2. The zero-order valence-corrected chi connectivity index (χ0v) is 19.3. The number of halogens is 2. The Hall–Kier alpha value is -1.39. The number of nitrogens with zero attached hydrogens (tertiary/aromatic N) is 1. The fourth-order valence-corrected chi connectivity index (χ4v) is 6.05. The van der Waals surface area contributed by atoms with Crippen molar-refractivity contribution in [1.29, 1.82) is 0 Å². The SMILES string of the molecule is O=P(C=C(Cl)c1ccccc1)(C=C(Cl)c1ccccc1)NCCCN1CCOCC1. The van der Waals surface area contributed by atoms with Crippen LogP contribution >= 0.6 is 30.5 Å². The molecule has 0 saturated carbocycles. The molecule has 0 spiro atoms. The Morgan fingerprint density at radius 3 is 1.93 bits per heavy atom. The van der Waals surface area contributed by atoms with Crippen LogP contribution in [-0.4, -0.2) is 44.3 Å². The molecule has 7 heteroatoms. The molecule has 160 valence electrons. The van der Waals surface area contributed by atoms with Crippen molar-refractivity contribution >= 4 is 40.6 Å². The summed E-state index contributed by atoms with van der Waals surface area (Å²) in [6.07, 6.45) is 0.873. The molecule has 1 N–H and O–H groups in total. The van der Waals surface area contributed by atoms with Crippen LogP contribution in [0, 0.1) is 0 Å². The van der Waals surface area contributed by atoms with E-state index >= 15 is 0 Å². The van der Waals surface area contributed by atoms with E-state index in [1.165, 1.54) is 0 Å². The van der Waals surface area contributed by atoms with Gasteiger partial charge in [-0.25, -0.2) is 0 Å². The minimum Gasteiger partial charge on any atom is -0.379 e. The van der Waals surface area contributed by atoms with Crippen LogP contribution in [0.15, 0.2) is 72.3 Å². The molecule has 1 aliphatic heterocycles. The molecule has 0 radical (unpaired) electrons. The summed E-state index contributed by atoms with van der Waals surface area (Å²) >= 11 is 13.0. The van der Waals surface area contributed by atoms with Gasteiger partial charge in [0, 0.05) is 31.3 Å². The van der Waals surface area contributed by atoms with E-state index in [2.05, 4.69) is 9.99 Å². The van der Waals surface area contributed by atoms with Crippen molar-refractivity contribution in [2.75, 3.05) is 39.4 Å². The Balaban J connectivity index is 1.74. The number of ether oxygens (including phenoxy) is 1. The lowest BCUT2D eigenvalue weighted by molar-refractivity contribution is 0.0376. The monoisotopic (exact) mass is 464 g/mol. The summed E-state index contributed by atoms with van der Waals surface area (Å²) in [4.78, 5) is 2.36. The summed E-state index contributed by atoms with van der Waals surface area (Å²) in [5.41, 5.74) is 1.64. The van der Waals surface area contributed by atoms with Gasteiger partial charge in [0.25, 0.3) is 0 Å². The Bertz CT molecular complexity index is 838. The molecule has 0 aromatic heterocycles. The average molecular weight is 465 g/mol. The maximum absolute atomic E-state index is 13.8.